The smallest absolute Gasteiger partial charge is 0.145 e. The molecule has 3 heteroatoms. The van der Waals surface area contributed by atoms with Crippen LogP contribution in [0.3, 0.4) is 0 Å². The van der Waals surface area contributed by atoms with Gasteiger partial charge in [-0.15, -0.1) is 6.58 Å². The van der Waals surface area contributed by atoms with Crippen LogP contribution in [0.5, 0.6) is 0 Å². The first-order valence-electron chi connectivity index (χ1n) is 7.43. The lowest BCUT2D eigenvalue weighted by Crippen LogP contribution is -1.98. The zero-order valence-electron chi connectivity index (χ0n) is 12.7. The van der Waals surface area contributed by atoms with Gasteiger partial charge in [-0.25, -0.2) is 9.97 Å². The van der Waals surface area contributed by atoms with E-state index in [4.69, 9.17) is 4.98 Å². The van der Waals surface area contributed by atoms with Crippen molar-refractivity contribution < 1.29 is 0 Å². The third kappa shape index (κ3) is 3.14. The van der Waals surface area contributed by atoms with Crippen molar-refractivity contribution in [2.24, 2.45) is 0 Å². The highest BCUT2D eigenvalue weighted by Gasteiger charge is 2.12. The van der Waals surface area contributed by atoms with Gasteiger partial charge < -0.3 is 0 Å². The lowest BCUT2D eigenvalue weighted by molar-refractivity contribution is 0.913. The Morgan fingerprint density at radius 3 is 2.55 bits per heavy atom. The molecule has 0 radical (unpaired) electrons. The molecule has 0 aliphatic rings. The summed E-state index contributed by atoms with van der Waals surface area (Å²) in [4.78, 5) is 9.26. The van der Waals surface area contributed by atoms with Crippen LogP contribution in [-0.4, -0.2) is 14.5 Å². The molecule has 2 aromatic heterocycles. The van der Waals surface area contributed by atoms with Crippen molar-refractivity contribution in [3.05, 3.63) is 78.8 Å². The average Bonchev–Trinajstić information content (AvgIpc) is 2.99. The summed E-state index contributed by atoms with van der Waals surface area (Å²) in [6, 6.07) is 16.1. The van der Waals surface area contributed by atoms with E-state index in [2.05, 4.69) is 34.5 Å². The van der Waals surface area contributed by atoms with Gasteiger partial charge in [-0.3, -0.25) is 4.57 Å². The minimum Gasteiger partial charge on any atom is -0.284 e. The van der Waals surface area contributed by atoms with E-state index in [9.17, 15) is 0 Å². The minimum absolute atomic E-state index is 0.885. The van der Waals surface area contributed by atoms with E-state index < -0.39 is 0 Å². The summed E-state index contributed by atoms with van der Waals surface area (Å²) in [5.41, 5.74) is 3.33. The first-order chi connectivity index (χ1) is 10.7. The van der Waals surface area contributed by atoms with Crippen LogP contribution in [-0.2, 0) is 6.42 Å². The SMILES string of the molecule is C=C(C)CCc1cn(-c2ccccn2)c(-c2ccccc2)n1. The molecule has 2 heterocycles. The van der Waals surface area contributed by atoms with Crippen molar-refractivity contribution in [2.75, 3.05) is 0 Å². The van der Waals surface area contributed by atoms with E-state index in [0.717, 1.165) is 35.7 Å². The number of imidazole rings is 1. The van der Waals surface area contributed by atoms with Crippen molar-refractivity contribution in [3.63, 3.8) is 0 Å². The molecule has 0 spiro atoms. The highest BCUT2D eigenvalue weighted by Crippen LogP contribution is 2.22. The molecule has 110 valence electrons. The second-order valence-corrected chi connectivity index (χ2v) is 5.44. The Balaban J connectivity index is 2.04. The van der Waals surface area contributed by atoms with E-state index in [1.165, 1.54) is 5.57 Å². The van der Waals surface area contributed by atoms with Crippen LogP contribution in [0.4, 0.5) is 0 Å². The largest absolute Gasteiger partial charge is 0.284 e. The number of aromatic nitrogens is 3. The van der Waals surface area contributed by atoms with Gasteiger partial charge in [-0.2, -0.15) is 0 Å². The van der Waals surface area contributed by atoms with Gasteiger partial charge in [0, 0.05) is 18.0 Å². The molecule has 0 fully saturated rings. The van der Waals surface area contributed by atoms with Gasteiger partial charge >= 0.3 is 0 Å². The number of allylic oxidation sites excluding steroid dienone is 1. The maximum absolute atomic E-state index is 4.81. The lowest BCUT2D eigenvalue weighted by Gasteiger charge is -2.06. The van der Waals surface area contributed by atoms with Gasteiger partial charge in [-0.1, -0.05) is 42.0 Å². The minimum atomic E-state index is 0.885. The Hall–Kier alpha value is -2.68. The molecule has 22 heavy (non-hydrogen) atoms. The second kappa shape index (κ2) is 6.39. The second-order valence-electron chi connectivity index (χ2n) is 5.44. The van der Waals surface area contributed by atoms with E-state index in [1.54, 1.807) is 6.20 Å². The van der Waals surface area contributed by atoms with Gasteiger partial charge in [0.25, 0.3) is 0 Å². The summed E-state index contributed by atoms with van der Waals surface area (Å²) in [7, 11) is 0. The normalized spacial score (nSPS) is 10.6. The van der Waals surface area contributed by atoms with Gasteiger partial charge in [0.15, 0.2) is 0 Å². The fourth-order valence-corrected chi connectivity index (χ4v) is 2.35. The molecule has 0 N–H and O–H groups in total. The topological polar surface area (TPSA) is 30.7 Å². The standard InChI is InChI=1S/C19H19N3/c1-15(2)11-12-17-14-22(18-10-6-7-13-20-18)19(21-17)16-8-4-3-5-9-16/h3-10,13-14H,1,11-12H2,2H3. The van der Waals surface area contributed by atoms with Crippen LogP contribution in [0, 0.1) is 0 Å². The summed E-state index contributed by atoms with van der Waals surface area (Å²) >= 11 is 0. The lowest BCUT2D eigenvalue weighted by atomic mass is 10.1. The van der Waals surface area contributed by atoms with Gasteiger partial charge in [-0.05, 0) is 31.9 Å². The molecule has 0 saturated heterocycles. The maximum atomic E-state index is 4.81. The Bertz CT molecular complexity index is 701. The number of aryl methyl sites for hydroxylation is 1. The third-order valence-corrected chi connectivity index (χ3v) is 3.49. The van der Waals surface area contributed by atoms with Crippen LogP contribution >= 0.6 is 0 Å². The van der Waals surface area contributed by atoms with Gasteiger partial charge in [0.2, 0.25) is 0 Å². The number of nitrogens with zero attached hydrogens (tertiary/aromatic N) is 3. The summed E-state index contributed by atoms with van der Waals surface area (Å²) in [6.07, 6.45) is 5.73. The third-order valence-electron chi connectivity index (χ3n) is 3.49. The number of benzene rings is 1. The predicted octanol–water partition coefficient (Wildman–Crippen LogP) is 4.44. The summed E-state index contributed by atoms with van der Waals surface area (Å²) in [5.74, 6) is 1.81. The van der Waals surface area contributed by atoms with Crippen LogP contribution < -0.4 is 0 Å². The quantitative estimate of drug-likeness (QED) is 0.650. The monoisotopic (exact) mass is 289 g/mol. The molecule has 0 amide bonds. The fraction of sp³-hybridized carbons (Fsp3) is 0.158. The number of hydrogen-bond donors (Lipinski definition) is 0. The Morgan fingerprint density at radius 2 is 1.86 bits per heavy atom. The highest BCUT2D eigenvalue weighted by molar-refractivity contribution is 5.58. The summed E-state index contributed by atoms with van der Waals surface area (Å²) < 4.78 is 2.06. The van der Waals surface area contributed by atoms with Crippen LogP contribution in [0.15, 0.2) is 73.1 Å². The van der Waals surface area contributed by atoms with E-state index in [1.807, 2.05) is 43.3 Å². The zero-order valence-corrected chi connectivity index (χ0v) is 12.7. The molecule has 1 aromatic carbocycles. The first-order valence-corrected chi connectivity index (χ1v) is 7.43. The van der Waals surface area contributed by atoms with E-state index in [0.29, 0.717) is 0 Å². The van der Waals surface area contributed by atoms with Crippen molar-refractivity contribution in [1.82, 2.24) is 14.5 Å². The van der Waals surface area contributed by atoms with E-state index >= 15 is 0 Å². The van der Waals surface area contributed by atoms with Crippen LogP contribution in [0.2, 0.25) is 0 Å². The molecule has 0 atom stereocenters. The average molecular weight is 289 g/mol. The molecule has 0 aliphatic heterocycles. The van der Waals surface area contributed by atoms with Crippen molar-refractivity contribution in [1.29, 1.82) is 0 Å². The molecule has 3 nitrogen and oxygen atoms in total. The molecule has 0 bridgehead atoms. The molecule has 3 rings (SSSR count). The summed E-state index contributed by atoms with van der Waals surface area (Å²) in [6.45, 7) is 6.02. The Kier molecular flexibility index (Phi) is 4.15. The number of pyridine rings is 1. The Morgan fingerprint density at radius 1 is 1.09 bits per heavy atom. The maximum Gasteiger partial charge on any atom is 0.145 e. The van der Waals surface area contributed by atoms with Gasteiger partial charge in [0.05, 0.1) is 5.69 Å². The first kappa shape index (κ1) is 14.3. The molecule has 0 saturated carbocycles. The molecular formula is C19H19N3. The zero-order chi connectivity index (χ0) is 15.4. The van der Waals surface area contributed by atoms with Crippen molar-refractivity contribution in [2.45, 2.75) is 19.8 Å². The molecule has 0 unspecified atom stereocenters. The summed E-state index contributed by atoms with van der Waals surface area (Å²) in [5, 5.41) is 0. The van der Waals surface area contributed by atoms with E-state index in [-0.39, 0.29) is 0 Å². The van der Waals surface area contributed by atoms with Gasteiger partial charge in [0.1, 0.15) is 11.6 Å². The molecular weight excluding hydrogens is 270 g/mol. The molecule has 3 aromatic rings. The number of rotatable bonds is 5. The van der Waals surface area contributed by atoms with Crippen LogP contribution in [0.25, 0.3) is 17.2 Å². The Labute approximate surface area is 131 Å². The van der Waals surface area contributed by atoms with Crippen molar-refractivity contribution in [3.8, 4) is 17.2 Å². The molecule has 0 aliphatic carbocycles. The predicted molar refractivity (Wildman–Crippen MR) is 89.9 cm³/mol. The highest BCUT2D eigenvalue weighted by atomic mass is 15.1. The van der Waals surface area contributed by atoms with Crippen molar-refractivity contribution >= 4 is 0 Å². The van der Waals surface area contributed by atoms with Crippen LogP contribution in [0.1, 0.15) is 19.0 Å². The fourth-order valence-electron chi connectivity index (χ4n) is 2.35. The number of hydrogen-bond acceptors (Lipinski definition) is 2.